The minimum atomic E-state index is -0.193. The second-order valence-corrected chi connectivity index (χ2v) is 7.77. The molecule has 25 heavy (non-hydrogen) atoms. The first-order valence-corrected chi connectivity index (χ1v) is 9.39. The van der Waals surface area contributed by atoms with Gasteiger partial charge in [-0.25, -0.2) is 0 Å². The zero-order valence-electron chi connectivity index (χ0n) is 13.4. The Morgan fingerprint density at radius 2 is 2.20 bits per heavy atom. The van der Waals surface area contributed by atoms with Gasteiger partial charge >= 0.3 is 0 Å². The van der Waals surface area contributed by atoms with Gasteiger partial charge in [0.15, 0.2) is 10.2 Å². The van der Waals surface area contributed by atoms with Crippen LogP contribution in [0.4, 0.5) is 16.6 Å². The van der Waals surface area contributed by atoms with Crippen molar-refractivity contribution in [2.45, 2.75) is 18.2 Å². The van der Waals surface area contributed by atoms with Crippen LogP contribution < -0.4 is 10.6 Å². The molecule has 0 bridgehead atoms. The number of nitrogens with zero attached hydrogens (tertiary/aromatic N) is 3. The minimum Gasteiger partial charge on any atom is -0.363 e. The van der Waals surface area contributed by atoms with E-state index in [0.717, 1.165) is 16.8 Å². The number of benzene rings is 1. The predicted octanol–water partition coefficient (Wildman–Crippen LogP) is 4.27. The molecule has 0 aliphatic rings. The monoisotopic (exact) mass is 395 g/mol. The summed E-state index contributed by atoms with van der Waals surface area (Å²) in [4.78, 5) is 11.8. The fourth-order valence-electron chi connectivity index (χ4n) is 2.08. The Kier molecular flexibility index (Phi) is 5.57. The number of carbonyl (C=O) groups is 1. The Morgan fingerprint density at radius 1 is 1.36 bits per heavy atom. The number of hydrogen-bond acceptors (Lipinski definition) is 8. The quantitative estimate of drug-likeness (QED) is 0.602. The van der Waals surface area contributed by atoms with Crippen molar-refractivity contribution in [2.75, 3.05) is 16.4 Å². The molecule has 2 N–H and O–H groups in total. The molecular weight excluding hydrogens is 382 g/mol. The second-order valence-electron chi connectivity index (χ2n) is 5.16. The van der Waals surface area contributed by atoms with E-state index in [1.807, 2.05) is 26.0 Å². The average molecular weight is 396 g/mol. The normalized spacial score (nSPS) is 10.7. The van der Waals surface area contributed by atoms with Crippen LogP contribution in [0.15, 0.2) is 33.3 Å². The molecule has 10 heteroatoms. The summed E-state index contributed by atoms with van der Waals surface area (Å²) in [6.45, 7) is 3.97. The molecular formula is C15H14ClN5O2S2. The third-order valence-corrected chi connectivity index (χ3v) is 5.37. The summed E-state index contributed by atoms with van der Waals surface area (Å²) in [6.07, 6.45) is 1.39. The molecule has 0 radical (unpaired) electrons. The van der Waals surface area contributed by atoms with Crippen molar-refractivity contribution in [3.8, 4) is 0 Å². The van der Waals surface area contributed by atoms with E-state index in [0.29, 0.717) is 20.3 Å². The molecule has 3 aromatic rings. The smallest absolute Gasteiger partial charge is 0.236 e. The van der Waals surface area contributed by atoms with Gasteiger partial charge in [0.2, 0.25) is 11.0 Å². The maximum atomic E-state index is 11.8. The van der Waals surface area contributed by atoms with E-state index in [1.165, 1.54) is 29.4 Å². The largest absolute Gasteiger partial charge is 0.363 e. The van der Waals surface area contributed by atoms with Gasteiger partial charge in [0.1, 0.15) is 6.26 Å². The fraction of sp³-hybridized carbons (Fsp3) is 0.200. The summed E-state index contributed by atoms with van der Waals surface area (Å²) in [5, 5.41) is 18.8. The van der Waals surface area contributed by atoms with Crippen LogP contribution in [0.3, 0.4) is 0 Å². The number of nitrogens with one attached hydrogen (secondary N) is 2. The molecule has 130 valence electrons. The van der Waals surface area contributed by atoms with Gasteiger partial charge in [0.05, 0.1) is 16.5 Å². The standard InChI is InChI=1S/C15H14ClN5O2S2/c1-8-5-9(2)13(10(16)6-8)18-14-19-20-15(25-14)24-7-12(22)17-11-3-4-23-21-11/h3-6H,7H2,1-2H3,(H,18,19)(H,17,21,22). The van der Waals surface area contributed by atoms with Crippen LogP contribution >= 0.6 is 34.7 Å². The maximum Gasteiger partial charge on any atom is 0.236 e. The zero-order valence-corrected chi connectivity index (χ0v) is 15.8. The highest BCUT2D eigenvalue weighted by Crippen LogP contribution is 2.33. The number of halogens is 1. The fourth-order valence-corrected chi connectivity index (χ4v) is 4.01. The molecule has 0 atom stereocenters. The molecule has 0 unspecified atom stereocenters. The van der Waals surface area contributed by atoms with E-state index in [4.69, 9.17) is 11.6 Å². The first-order valence-electron chi connectivity index (χ1n) is 7.21. The van der Waals surface area contributed by atoms with Crippen LogP contribution in [-0.4, -0.2) is 27.0 Å². The van der Waals surface area contributed by atoms with Crippen LogP contribution in [0.1, 0.15) is 11.1 Å². The van der Waals surface area contributed by atoms with Gasteiger partial charge in [-0.05, 0) is 31.0 Å². The third-order valence-electron chi connectivity index (χ3n) is 3.10. The van der Waals surface area contributed by atoms with E-state index in [-0.39, 0.29) is 11.7 Å². The van der Waals surface area contributed by atoms with Gasteiger partial charge in [-0.1, -0.05) is 45.9 Å². The average Bonchev–Trinajstić information content (AvgIpc) is 3.20. The summed E-state index contributed by atoms with van der Waals surface area (Å²) < 4.78 is 5.33. The molecule has 1 aromatic carbocycles. The number of hydrogen-bond donors (Lipinski definition) is 2. The summed E-state index contributed by atoms with van der Waals surface area (Å²) >= 11 is 8.93. The molecule has 0 aliphatic carbocycles. The lowest BCUT2D eigenvalue weighted by molar-refractivity contribution is -0.113. The highest BCUT2D eigenvalue weighted by atomic mass is 35.5. The Morgan fingerprint density at radius 3 is 2.92 bits per heavy atom. The van der Waals surface area contributed by atoms with Gasteiger partial charge in [-0.3, -0.25) is 4.79 Å². The van der Waals surface area contributed by atoms with Crippen LogP contribution in [0.2, 0.25) is 5.02 Å². The minimum absolute atomic E-state index is 0.193. The van der Waals surface area contributed by atoms with Crippen LogP contribution in [0.5, 0.6) is 0 Å². The Balaban J connectivity index is 1.58. The highest BCUT2D eigenvalue weighted by Gasteiger charge is 2.12. The summed E-state index contributed by atoms with van der Waals surface area (Å²) in [7, 11) is 0. The lowest BCUT2D eigenvalue weighted by Crippen LogP contribution is -2.14. The van der Waals surface area contributed by atoms with Crippen molar-refractivity contribution in [2.24, 2.45) is 0 Å². The first kappa shape index (κ1) is 17.7. The van der Waals surface area contributed by atoms with Gasteiger partial charge in [-0.15, -0.1) is 10.2 Å². The Hall–Kier alpha value is -2.10. The summed E-state index contributed by atoms with van der Waals surface area (Å²) in [6, 6.07) is 5.50. The third kappa shape index (κ3) is 4.71. The van der Waals surface area contributed by atoms with E-state index < -0.39 is 0 Å². The Bertz CT molecular complexity index is 859. The SMILES string of the molecule is Cc1cc(C)c(Nc2nnc(SCC(=O)Nc3ccon3)s2)c(Cl)c1. The van der Waals surface area contributed by atoms with Crippen LogP contribution in [-0.2, 0) is 4.79 Å². The topological polar surface area (TPSA) is 92.9 Å². The first-order chi connectivity index (χ1) is 12.0. The molecule has 2 aromatic heterocycles. The second kappa shape index (κ2) is 7.85. The van der Waals surface area contributed by atoms with E-state index in [2.05, 4.69) is 30.5 Å². The molecule has 2 heterocycles. The van der Waals surface area contributed by atoms with Gasteiger partial charge in [-0.2, -0.15) is 0 Å². The molecule has 0 aliphatic heterocycles. The molecule has 1 amide bonds. The summed E-state index contributed by atoms with van der Waals surface area (Å²) in [5.74, 6) is 0.391. The van der Waals surface area contributed by atoms with E-state index in [9.17, 15) is 4.79 Å². The van der Waals surface area contributed by atoms with Crippen molar-refractivity contribution in [3.63, 3.8) is 0 Å². The number of aromatic nitrogens is 3. The van der Waals surface area contributed by atoms with Gasteiger partial charge < -0.3 is 15.2 Å². The highest BCUT2D eigenvalue weighted by molar-refractivity contribution is 8.01. The van der Waals surface area contributed by atoms with Crippen molar-refractivity contribution in [3.05, 3.63) is 40.6 Å². The zero-order chi connectivity index (χ0) is 17.8. The molecule has 3 rings (SSSR count). The molecule has 0 fully saturated rings. The number of aryl methyl sites for hydroxylation is 2. The lowest BCUT2D eigenvalue weighted by Gasteiger charge is -2.09. The van der Waals surface area contributed by atoms with E-state index >= 15 is 0 Å². The van der Waals surface area contributed by atoms with Gasteiger partial charge in [0.25, 0.3) is 0 Å². The molecule has 0 saturated heterocycles. The number of rotatable bonds is 6. The number of thioether (sulfide) groups is 1. The number of anilines is 3. The van der Waals surface area contributed by atoms with Crippen LogP contribution in [0.25, 0.3) is 0 Å². The molecule has 0 spiro atoms. The summed E-state index contributed by atoms with van der Waals surface area (Å²) in [5.41, 5.74) is 2.94. The number of carbonyl (C=O) groups excluding carboxylic acids is 1. The predicted molar refractivity (Wildman–Crippen MR) is 100.0 cm³/mol. The van der Waals surface area contributed by atoms with E-state index in [1.54, 1.807) is 6.07 Å². The maximum absolute atomic E-state index is 11.8. The van der Waals surface area contributed by atoms with Crippen molar-refractivity contribution in [1.82, 2.24) is 15.4 Å². The number of amides is 1. The molecule has 0 saturated carbocycles. The van der Waals surface area contributed by atoms with Crippen LogP contribution in [0, 0.1) is 13.8 Å². The Labute approximate surface area is 157 Å². The van der Waals surface area contributed by atoms with Crippen molar-refractivity contribution in [1.29, 1.82) is 0 Å². The van der Waals surface area contributed by atoms with Crippen molar-refractivity contribution >= 4 is 57.2 Å². The lowest BCUT2D eigenvalue weighted by atomic mass is 10.1. The van der Waals surface area contributed by atoms with Gasteiger partial charge in [0, 0.05) is 6.07 Å². The molecule has 7 nitrogen and oxygen atoms in total. The van der Waals surface area contributed by atoms with Crippen molar-refractivity contribution < 1.29 is 9.32 Å².